The zero-order valence-corrected chi connectivity index (χ0v) is 26.1. The highest BCUT2D eigenvalue weighted by Gasteiger charge is 2.12. The fourth-order valence-electron chi connectivity index (χ4n) is 4.80. The first kappa shape index (κ1) is 32.5. The molecule has 2 aromatic carbocycles. The molecule has 1 amide bonds. The van der Waals surface area contributed by atoms with Gasteiger partial charge in [-0.15, -0.1) is 0 Å². The lowest BCUT2D eigenvalue weighted by Crippen LogP contribution is -2.30. The van der Waals surface area contributed by atoms with Crippen molar-refractivity contribution in [2.24, 2.45) is 0 Å². The number of nitrogens with one attached hydrogen (secondary N) is 1. The van der Waals surface area contributed by atoms with Crippen molar-refractivity contribution in [1.29, 1.82) is 0 Å². The first-order valence-corrected chi connectivity index (χ1v) is 16.2. The molecule has 6 nitrogen and oxygen atoms in total. The van der Waals surface area contributed by atoms with Crippen molar-refractivity contribution in [2.75, 3.05) is 25.6 Å². The fourth-order valence-corrected chi connectivity index (χ4v) is 5.43. The van der Waals surface area contributed by atoms with E-state index in [-0.39, 0.29) is 12.5 Å². The number of ether oxygens (including phenoxy) is 3. The van der Waals surface area contributed by atoms with Crippen LogP contribution in [0.1, 0.15) is 94.4 Å². The van der Waals surface area contributed by atoms with E-state index in [1.54, 1.807) is 24.5 Å². The molecule has 0 aliphatic carbocycles. The molecule has 7 heteroatoms. The molecule has 1 heterocycles. The number of rotatable bonds is 21. The first-order chi connectivity index (χ1) is 20.1. The van der Waals surface area contributed by atoms with Crippen molar-refractivity contribution in [3.05, 3.63) is 64.6 Å². The number of aromatic nitrogens is 1. The summed E-state index contributed by atoms with van der Waals surface area (Å²) >= 11 is 1.72. The summed E-state index contributed by atoms with van der Waals surface area (Å²) in [6.07, 6.45) is 17.8. The number of hydrogen-bond donors (Lipinski definition) is 1. The number of anilines is 1. The number of methoxy groups -OCH3 is 1. The number of carbonyl (C=O) groups excluding carboxylic acids is 1. The van der Waals surface area contributed by atoms with Gasteiger partial charge in [0.15, 0.2) is 30.8 Å². The minimum atomic E-state index is -0.219. The van der Waals surface area contributed by atoms with Crippen LogP contribution < -0.4 is 24.1 Å². The fraction of sp³-hybridized carbons (Fsp3) is 0.529. The van der Waals surface area contributed by atoms with Crippen LogP contribution in [-0.4, -0.2) is 26.2 Å². The van der Waals surface area contributed by atoms with Gasteiger partial charge in [0.2, 0.25) is 5.51 Å². The number of hydrogen-bond acceptors (Lipinski definition) is 5. The molecular formula is C34H49N2O4S+. The van der Waals surface area contributed by atoms with Crippen molar-refractivity contribution >= 4 is 22.9 Å². The molecule has 0 bridgehead atoms. The number of benzene rings is 2. The van der Waals surface area contributed by atoms with Gasteiger partial charge in [0, 0.05) is 17.3 Å². The largest absolute Gasteiger partial charge is 0.497 e. The first-order valence-electron chi connectivity index (χ1n) is 15.3. The monoisotopic (exact) mass is 581 g/mol. The predicted octanol–water partition coefficient (Wildman–Crippen LogP) is 8.50. The highest BCUT2D eigenvalue weighted by atomic mass is 32.1. The Morgan fingerprint density at radius 2 is 1.56 bits per heavy atom. The van der Waals surface area contributed by atoms with E-state index in [0.29, 0.717) is 23.9 Å². The van der Waals surface area contributed by atoms with Crippen LogP contribution in [0.2, 0.25) is 0 Å². The van der Waals surface area contributed by atoms with Crippen LogP contribution in [0.15, 0.2) is 54.2 Å². The zero-order valence-electron chi connectivity index (χ0n) is 25.3. The Bertz CT molecular complexity index is 1160. The van der Waals surface area contributed by atoms with Crippen LogP contribution in [0, 0.1) is 6.92 Å². The van der Waals surface area contributed by atoms with E-state index in [1.807, 2.05) is 30.3 Å². The number of carbonyl (C=O) groups is 1. The molecule has 1 N–H and O–H groups in total. The van der Waals surface area contributed by atoms with Crippen molar-refractivity contribution in [2.45, 2.75) is 97.4 Å². The molecule has 0 aliphatic rings. The van der Waals surface area contributed by atoms with Gasteiger partial charge in [0.1, 0.15) is 5.75 Å². The summed E-state index contributed by atoms with van der Waals surface area (Å²) in [5.41, 5.74) is 3.97. The third-order valence-electron chi connectivity index (χ3n) is 7.06. The maximum Gasteiger partial charge on any atom is 0.262 e. The van der Waals surface area contributed by atoms with Crippen molar-refractivity contribution < 1.29 is 23.6 Å². The molecule has 3 rings (SSSR count). The molecule has 0 spiro atoms. The maximum atomic E-state index is 12.7. The summed E-state index contributed by atoms with van der Waals surface area (Å²) in [6, 6.07) is 13.3. The normalized spacial score (nSPS) is 10.9. The second kappa shape index (κ2) is 19.1. The second-order valence-electron chi connectivity index (χ2n) is 10.7. The molecule has 0 aliphatic heterocycles. The van der Waals surface area contributed by atoms with Gasteiger partial charge in [-0.3, -0.25) is 4.79 Å². The Hall–Kier alpha value is -3.06. The van der Waals surface area contributed by atoms with Crippen LogP contribution in [-0.2, 0) is 11.3 Å². The van der Waals surface area contributed by atoms with Gasteiger partial charge in [-0.25, -0.2) is 0 Å². The molecule has 0 atom stereocenters. The molecule has 0 saturated heterocycles. The minimum absolute atomic E-state index is 0.107. The van der Waals surface area contributed by atoms with Crippen molar-refractivity contribution in [1.82, 2.24) is 0 Å². The average molecular weight is 582 g/mol. The van der Waals surface area contributed by atoms with Gasteiger partial charge >= 0.3 is 0 Å². The van der Waals surface area contributed by atoms with Crippen LogP contribution in [0.4, 0.5) is 5.69 Å². The van der Waals surface area contributed by atoms with Crippen molar-refractivity contribution in [3.8, 4) is 17.2 Å². The molecular weight excluding hydrogens is 532 g/mol. The molecule has 41 heavy (non-hydrogen) atoms. The number of unbranched alkanes of at least 4 members (excludes halogenated alkanes) is 11. The highest BCUT2D eigenvalue weighted by Crippen LogP contribution is 2.32. The third kappa shape index (κ3) is 13.0. The van der Waals surface area contributed by atoms with E-state index >= 15 is 0 Å². The molecule has 0 saturated carbocycles. The summed E-state index contributed by atoms with van der Waals surface area (Å²) in [5.74, 6) is 1.62. The summed E-state index contributed by atoms with van der Waals surface area (Å²) in [6.45, 7) is 5.63. The van der Waals surface area contributed by atoms with Gasteiger partial charge in [-0.2, -0.15) is 4.57 Å². The molecule has 0 radical (unpaired) electrons. The van der Waals surface area contributed by atoms with Gasteiger partial charge in [-0.1, -0.05) is 101 Å². The van der Waals surface area contributed by atoms with Gasteiger partial charge in [0.05, 0.1) is 18.6 Å². The molecule has 1 aromatic heterocycles. The standard InChI is InChI=1S/C34H48N2O4S/c1-4-5-6-7-8-9-10-11-12-13-14-15-21-39-33-23-31(38-3)19-20-32(33)40-26-34(37)35-30-18-16-17-29(22-30)25-36-24-28(2)41-27-36/h16-20,22-24,27H,4-15,21,25-26H2,1-3H3/p+1. The molecule has 0 fully saturated rings. The van der Waals surface area contributed by atoms with Crippen molar-refractivity contribution in [3.63, 3.8) is 0 Å². The van der Waals surface area contributed by atoms with Gasteiger partial charge < -0.3 is 19.5 Å². The Morgan fingerprint density at radius 1 is 0.854 bits per heavy atom. The lowest BCUT2D eigenvalue weighted by Gasteiger charge is -2.14. The number of thiazole rings is 1. The van der Waals surface area contributed by atoms with E-state index in [9.17, 15) is 4.79 Å². The molecule has 224 valence electrons. The summed E-state index contributed by atoms with van der Waals surface area (Å²) in [7, 11) is 1.63. The molecule has 3 aromatic rings. The minimum Gasteiger partial charge on any atom is -0.497 e. The highest BCUT2D eigenvalue weighted by molar-refractivity contribution is 7.09. The van der Waals surface area contributed by atoms with Gasteiger partial charge in [0.25, 0.3) is 5.91 Å². The van der Waals surface area contributed by atoms with Crippen LogP contribution >= 0.6 is 11.3 Å². The second-order valence-corrected chi connectivity index (χ2v) is 11.8. The number of amides is 1. The van der Waals surface area contributed by atoms with Crippen LogP contribution in [0.5, 0.6) is 17.2 Å². The van der Waals surface area contributed by atoms with Crippen LogP contribution in [0.3, 0.4) is 0 Å². The number of aryl methyl sites for hydroxylation is 1. The summed E-state index contributed by atoms with van der Waals surface area (Å²) in [5, 5.41) is 2.95. The van der Waals surface area contributed by atoms with E-state index < -0.39 is 0 Å². The smallest absolute Gasteiger partial charge is 0.262 e. The average Bonchev–Trinajstić information content (AvgIpc) is 3.38. The Balaban J connectivity index is 1.36. The SMILES string of the molecule is CCCCCCCCCCCCCCOc1cc(OC)ccc1OCC(=O)Nc1cccc(C[n+]2csc(C)c2)c1. The third-order valence-corrected chi connectivity index (χ3v) is 7.92. The van der Waals surface area contributed by atoms with E-state index in [4.69, 9.17) is 14.2 Å². The van der Waals surface area contributed by atoms with E-state index in [0.717, 1.165) is 30.6 Å². The zero-order chi connectivity index (χ0) is 29.1. The summed E-state index contributed by atoms with van der Waals surface area (Å²) < 4.78 is 19.4. The Labute approximate surface area is 251 Å². The number of nitrogens with zero attached hydrogens (tertiary/aromatic N) is 1. The maximum absolute atomic E-state index is 12.7. The van der Waals surface area contributed by atoms with Crippen LogP contribution in [0.25, 0.3) is 0 Å². The van der Waals surface area contributed by atoms with E-state index in [1.165, 1.54) is 69.1 Å². The lowest BCUT2D eigenvalue weighted by atomic mass is 10.1. The Kier molecular flexibility index (Phi) is 15.1. The van der Waals surface area contributed by atoms with Gasteiger partial charge in [-0.05, 0) is 37.6 Å². The van der Waals surface area contributed by atoms with E-state index in [2.05, 4.69) is 41.5 Å². The topological polar surface area (TPSA) is 60.7 Å². The molecule has 0 unspecified atom stereocenters. The lowest BCUT2D eigenvalue weighted by molar-refractivity contribution is -0.683. The quantitative estimate of drug-likeness (QED) is 0.101. The predicted molar refractivity (Wildman–Crippen MR) is 168 cm³/mol. The summed E-state index contributed by atoms with van der Waals surface area (Å²) in [4.78, 5) is 13.9. The Morgan fingerprint density at radius 3 is 2.22 bits per heavy atom.